The molecule has 0 bridgehead atoms. The van der Waals surface area contributed by atoms with Crippen molar-refractivity contribution in [2.24, 2.45) is 29.1 Å². The van der Waals surface area contributed by atoms with Gasteiger partial charge in [-0.15, -0.1) is 5.92 Å². The van der Waals surface area contributed by atoms with Crippen LogP contribution in [0.2, 0.25) is 0 Å². The Bertz CT molecular complexity index is 724. The smallest absolute Gasteiger partial charge is 0.155 e. The maximum Gasteiger partial charge on any atom is 0.155 e. The van der Waals surface area contributed by atoms with Gasteiger partial charge >= 0.3 is 0 Å². The van der Waals surface area contributed by atoms with Crippen molar-refractivity contribution in [3.63, 3.8) is 0 Å². The zero-order valence-corrected chi connectivity index (χ0v) is 15.1. The molecular formula is C22H27FO2. The van der Waals surface area contributed by atoms with Crippen LogP contribution in [0.25, 0.3) is 0 Å². The fourth-order valence-corrected chi connectivity index (χ4v) is 6.64. The molecule has 0 aromatic carbocycles. The van der Waals surface area contributed by atoms with Crippen LogP contribution in [0.4, 0.5) is 4.39 Å². The molecule has 0 spiro atoms. The van der Waals surface area contributed by atoms with E-state index in [0.717, 1.165) is 37.6 Å². The summed E-state index contributed by atoms with van der Waals surface area (Å²) in [6.07, 6.45) is 8.25. The predicted molar refractivity (Wildman–Crippen MR) is 95.1 cm³/mol. The zero-order valence-electron chi connectivity index (χ0n) is 15.1. The second kappa shape index (κ2) is 5.81. The second-order valence-corrected chi connectivity index (χ2v) is 8.72. The van der Waals surface area contributed by atoms with E-state index in [4.69, 9.17) is 0 Å². The summed E-state index contributed by atoms with van der Waals surface area (Å²) < 4.78 is 14.0. The molecule has 4 aliphatic carbocycles. The molecule has 0 radical (unpaired) electrons. The molecule has 25 heavy (non-hydrogen) atoms. The SMILES string of the molecule is CC#C[C@]1(O)CC[C@H]2[C@@H]3CCC4=CC(=O)CC[C@@H]4[C@H]3/C(=C/F)C[C@@]21C. The molecule has 1 N–H and O–H groups in total. The number of rotatable bonds is 0. The van der Waals surface area contributed by atoms with Crippen LogP contribution in [0.1, 0.15) is 58.8 Å². The summed E-state index contributed by atoms with van der Waals surface area (Å²) in [6.45, 7) is 3.88. The average molecular weight is 342 g/mol. The van der Waals surface area contributed by atoms with E-state index in [9.17, 15) is 14.3 Å². The van der Waals surface area contributed by atoms with Gasteiger partial charge in [0.15, 0.2) is 5.78 Å². The number of ketones is 1. The van der Waals surface area contributed by atoms with Crippen molar-refractivity contribution in [3.8, 4) is 11.8 Å². The molecule has 3 heteroatoms. The third-order valence-corrected chi connectivity index (χ3v) is 7.75. The van der Waals surface area contributed by atoms with E-state index < -0.39 is 5.60 Å². The van der Waals surface area contributed by atoms with Crippen LogP contribution in [0.5, 0.6) is 0 Å². The van der Waals surface area contributed by atoms with Crippen molar-refractivity contribution in [2.45, 2.75) is 64.4 Å². The third-order valence-electron chi connectivity index (χ3n) is 7.75. The summed E-state index contributed by atoms with van der Waals surface area (Å²) in [6, 6.07) is 0. The van der Waals surface area contributed by atoms with Gasteiger partial charge in [-0.1, -0.05) is 18.4 Å². The Morgan fingerprint density at radius 2 is 2.12 bits per heavy atom. The van der Waals surface area contributed by atoms with Gasteiger partial charge in [-0.05, 0) is 80.8 Å². The summed E-state index contributed by atoms with van der Waals surface area (Å²) in [5, 5.41) is 11.2. The fourth-order valence-electron chi connectivity index (χ4n) is 6.64. The molecule has 0 unspecified atom stereocenters. The number of allylic oxidation sites excluding steroid dienone is 2. The number of hydrogen-bond donors (Lipinski definition) is 1. The first-order valence-corrected chi connectivity index (χ1v) is 9.62. The molecule has 0 aromatic rings. The van der Waals surface area contributed by atoms with Crippen LogP contribution in [0.3, 0.4) is 0 Å². The molecule has 0 aromatic heterocycles. The van der Waals surface area contributed by atoms with Gasteiger partial charge in [0.05, 0.1) is 6.33 Å². The molecule has 2 nitrogen and oxygen atoms in total. The first-order valence-electron chi connectivity index (χ1n) is 9.62. The Balaban J connectivity index is 1.75. The van der Waals surface area contributed by atoms with Gasteiger partial charge in [0.2, 0.25) is 0 Å². The summed E-state index contributed by atoms with van der Waals surface area (Å²) in [7, 11) is 0. The minimum absolute atomic E-state index is 0.202. The summed E-state index contributed by atoms with van der Waals surface area (Å²) in [4.78, 5) is 11.8. The van der Waals surface area contributed by atoms with E-state index >= 15 is 0 Å². The first-order chi connectivity index (χ1) is 11.9. The fraction of sp³-hybridized carbons (Fsp3) is 0.682. The molecule has 6 atom stereocenters. The number of carbonyl (C=O) groups is 1. The van der Waals surface area contributed by atoms with Gasteiger partial charge in [-0.3, -0.25) is 4.79 Å². The van der Waals surface area contributed by atoms with Crippen LogP contribution in [0.15, 0.2) is 23.6 Å². The summed E-state index contributed by atoms with van der Waals surface area (Å²) in [5.74, 6) is 7.48. The van der Waals surface area contributed by atoms with Crippen molar-refractivity contribution in [1.82, 2.24) is 0 Å². The number of carbonyl (C=O) groups excluding carboxylic acids is 1. The molecule has 0 saturated heterocycles. The number of fused-ring (bicyclic) bond motifs is 5. The van der Waals surface area contributed by atoms with Crippen LogP contribution in [-0.4, -0.2) is 16.5 Å². The van der Waals surface area contributed by atoms with Crippen molar-refractivity contribution < 1.29 is 14.3 Å². The molecule has 0 amide bonds. The van der Waals surface area contributed by atoms with Gasteiger partial charge in [0, 0.05) is 11.8 Å². The maximum absolute atomic E-state index is 14.0. The van der Waals surface area contributed by atoms with Crippen LogP contribution in [0, 0.1) is 40.9 Å². The predicted octanol–water partition coefficient (Wildman–Crippen LogP) is 4.35. The lowest BCUT2D eigenvalue weighted by atomic mass is 9.49. The minimum Gasteiger partial charge on any atom is -0.377 e. The summed E-state index contributed by atoms with van der Waals surface area (Å²) >= 11 is 0. The van der Waals surface area contributed by atoms with Gasteiger partial charge in [0.1, 0.15) is 5.60 Å². The Labute approximate surface area is 149 Å². The van der Waals surface area contributed by atoms with Crippen molar-refractivity contribution >= 4 is 5.78 Å². The van der Waals surface area contributed by atoms with Crippen molar-refractivity contribution in [2.75, 3.05) is 0 Å². The van der Waals surface area contributed by atoms with E-state index in [1.54, 1.807) is 6.92 Å². The highest BCUT2D eigenvalue weighted by Crippen LogP contribution is 2.66. The van der Waals surface area contributed by atoms with Gasteiger partial charge in [-0.2, -0.15) is 0 Å². The molecule has 3 fully saturated rings. The molecule has 0 heterocycles. The number of aliphatic hydroxyl groups is 1. The van der Waals surface area contributed by atoms with Gasteiger partial charge < -0.3 is 5.11 Å². The van der Waals surface area contributed by atoms with E-state index in [1.165, 1.54) is 5.57 Å². The lowest BCUT2D eigenvalue weighted by Crippen LogP contribution is -2.53. The first kappa shape index (κ1) is 17.0. The van der Waals surface area contributed by atoms with Gasteiger partial charge in [0.25, 0.3) is 0 Å². The molecule has 3 saturated carbocycles. The Hall–Kier alpha value is -1.40. The van der Waals surface area contributed by atoms with Crippen LogP contribution < -0.4 is 0 Å². The minimum atomic E-state index is -1.01. The lowest BCUT2D eigenvalue weighted by molar-refractivity contribution is -0.116. The quantitative estimate of drug-likeness (QED) is 0.665. The highest BCUT2D eigenvalue weighted by Gasteiger charge is 2.63. The van der Waals surface area contributed by atoms with E-state index in [1.807, 2.05) is 6.08 Å². The molecular weight excluding hydrogens is 315 g/mol. The van der Waals surface area contributed by atoms with Gasteiger partial charge in [-0.25, -0.2) is 4.39 Å². The molecule has 4 aliphatic rings. The Morgan fingerprint density at radius 3 is 2.84 bits per heavy atom. The average Bonchev–Trinajstić information content (AvgIpc) is 2.85. The van der Waals surface area contributed by atoms with Crippen LogP contribution in [-0.2, 0) is 4.79 Å². The Kier molecular flexibility index (Phi) is 3.96. The topological polar surface area (TPSA) is 37.3 Å². The Morgan fingerprint density at radius 1 is 1.32 bits per heavy atom. The number of hydrogen-bond acceptors (Lipinski definition) is 2. The van der Waals surface area contributed by atoms with E-state index in [2.05, 4.69) is 18.8 Å². The van der Waals surface area contributed by atoms with E-state index in [-0.39, 0.29) is 17.1 Å². The van der Waals surface area contributed by atoms with E-state index in [0.29, 0.717) is 37.0 Å². The second-order valence-electron chi connectivity index (χ2n) is 8.72. The third kappa shape index (κ3) is 2.30. The lowest BCUT2D eigenvalue weighted by Gasteiger charge is -2.55. The number of halogens is 1. The largest absolute Gasteiger partial charge is 0.377 e. The molecule has 134 valence electrons. The zero-order chi connectivity index (χ0) is 17.8. The molecule has 4 rings (SSSR count). The monoisotopic (exact) mass is 342 g/mol. The highest BCUT2D eigenvalue weighted by molar-refractivity contribution is 5.91. The molecule has 0 aliphatic heterocycles. The van der Waals surface area contributed by atoms with Crippen molar-refractivity contribution in [3.05, 3.63) is 23.6 Å². The van der Waals surface area contributed by atoms with Crippen LogP contribution >= 0.6 is 0 Å². The maximum atomic E-state index is 14.0. The standard InChI is InChI=1S/C22H27FO2/c1-3-9-22(25)10-8-19-18-6-4-14-11-16(24)5-7-17(14)20(18)15(13-23)12-21(19,22)2/h11,13,17-20,25H,4-8,10,12H2,1-2H3/b15-13+/t17-,18-,19-,20+,21-,22-/m0/s1. The normalized spacial score (nSPS) is 47.3. The summed E-state index contributed by atoms with van der Waals surface area (Å²) in [5.41, 5.74) is 0.694. The highest BCUT2D eigenvalue weighted by atomic mass is 19.1. The van der Waals surface area contributed by atoms with Crippen molar-refractivity contribution in [1.29, 1.82) is 0 Å².